The number of likely N-dealkylation sites (tertiary alicyclic amines) is 2. The van der Waals surface area contributed by atoms with Gasteiger partial charge < -0.3 is 10.2 Å². The standard InChI is InChI=1S/C16H20N2O10/c19-10-5-6-11(20)17(10,27)16(15(25)26,9-3-1-2-4-14(23)24)18(28)12(21)7-8-13(18)22/h27-28H,1-9H2/p+2. The highest BCUT2D eigenvalue weighted by Crippen LogP contribution is 2.45. The van der Waals surface area contributed by atoms with E-state index in [4.69, 9.17) is 5.11 Å². The van der Waals surface area contributed by atoms with Crippen molar-refractivity contribution in [2.24, 2.45) is 0 Å². The number of unbranched alkanes of at least 4 members (excludes halogenated alkanes) is 2. The number of hydroxylamine groups is 6. The van der Waals surface area contributed by atoms with Crippen LogP contribution in [0.5, 0.6) is 0 Å². The van der Waals surface area contributed by atoms with Gasteiger partial charge in [-0.15, -0.1) is 0 Å². The number of amides is 4. The van der Waals surface area contributed by atoms with E-state index < -0.39 is 82.6 Å². The number of carboxylic acid groups (broad SMARTS) is 2. The molecule has 0 bridgehead atoms. The predicted octanol–water partition coefficient (Wildman–Crippen LogP) is -0.0916. The third kappa shape index (κ3) is 2.85. The Morgan fingerprint density at radius 1 is 0.750 bits per heavy atom. The molecule has 0 aromatic rings. The Hall–Kier alpha value is -2.54. The highest BCUT2D eigenvalue weighted by Gasteiger charge is 2.85. The van der Waals surface area contributed by atoms with Gasteiger partial charge in [0.05, 0.1) is 32.1 Å². The topological polar surface area (TPSA) is 183 Å². The number of hydrogen-bond acceptors (Lipinski definition) is 8. The average Bonchev–Trinajstić information content (AvgIpc) is 3.03. The van der Waals surface area contributed by atoms with Crippen LogP contribution in [0, 0.1) is 0 Å². The lowest BCUT2D eigenvalue weighted by Crippen LogP contribution is -2.83. The van der Waals surface area contributed by atoms with E-state index in [9.17, 15) is 44.3 Å². The maximum atomic E-state index is 12.4. The molecular formula is C16H22N2O10+2. The first-order chi connectivity index (χ1) is 13.0. The van der Waals surface area contributed by atoms with E-state index in [1.807, 2.05) is 0 Å². The zero-order valence-electron chi connectivity index (χ0n) is 15.0. The average molecular weight is 402 g/mol. The van der Waals surface area contributed by atoms with Crippen molar-refractivity contribution in [3.8, 4) is 0 Å². The summed E-state index contributed by atoms with van der Waals surface area (Å²) in [6, 6.07) is 0. The number of rotatable bonds is 9. The zero-order chi connectivity index (χ0) is 21.3. The summed E-state index contributed by atoms with van der Waals surface area (Å²) in [6.07, 6.45) is -2.98. The minimum Gasteiger partial charge on any atom is -0.481 e. The van der Waals surface area contributed by atoms with Gasteiger partial charge >= 0.3 is 41.2 Å². The fraction of sp³-hybridized carbons (Fsp3) is 0.625. The van der Waals surface area contributed by atoms with Crippen LogP contribution in [-0.4, -0.2) is 71.2 Å². The van der Waals surface area contributed by atoms with Gasteiger partial charge in [-0.1, -0.05) is 6.42 Å². The molecule has 2 aliphatic rings. The van der Waals surface area contributed by atoms with E-state index in [0.29, 0.717) is 0 Å². The summed E-state index contributed by atoms with van der Waals surface area (Å²) in [5, 5.41) is 40.4. The van der Waals surface area contributed by atoms with Crippen LogP contribution in [0.15, 0.2) is 0 Å². The van der Waals surface area contributed by atoms with Crippen molar-refractivity contribution in [1.82, 2.24) is 0 Å². The van der Waals surface area contributed by atoms with E-state index in [-0.39, 0.29) is 25.7 Å². The number of carboxylic acids is 2. The van der Waals surface area contributed by atoms with E-state index in [2.05, 4.69) is 0 Å². The van der Waals surface area contributed by atoms with E-state index in [1.165, 1.54) is 0 Å². The van der Waals surface area contributed by atoms with Gasteiger partial charge in [-0.2, -0.15) is 10.4 Å². The van der Waals surface area contributed by atoms with Crippen molar-refractivity contribution in [2.75, 3.05) is 0 Å². The lowest BCUT2D eigenvalue weighted by atomic mass is 9.95. The molecule has 0 aromatic heterocycles. The van der Waals surface area contributed by atoms with Crippen molar-refractivity contribution >= 4 is 35.6 Å². The Labute approximate surface area is 158 Å². The molecule has 0 unspecified atom stereocenters. The van der Waals surface area contributed by atoms with Gasteiger partial charge in [0.25, 0.3) is 0 Å². The van der Waals surface area contributed by atoms with Crippen LogP contribution in [0.25, 0.3) is 0 Å². The van der Waals surface area contributed by atoms with Crippen LogP contribution in [-0.2, 0) is 28.8 Å². The molecule has 2 rings (SSSR count). The molecule has 0 spiro atoms. The van der Waals surface area contributed by atoms with Gasteiger partial charge in [0, 0.05) is 15.7 Å². The number of nitrogens with zero attached hydrogens (tertiary/aromatic N) is 2. The highest BCUT2D eigenvalue weighted by atomic mass is 16.6. The molecule has 2 aliphatic heterocycles. The van der Waals surface area contributed by atoms with Crippen LogP contribution < -0.4 is 0 Å². The van der Waals surface area contributed by atoms with Gasteiger partial charge in [0.15, 0.2) is 0 Å². The number of hydrogen-bond donors (Lipinski definition) is 4. The van der Waals surface area contributed by atoms with Gasteiger partial charge in [-0.05, 0) is 12.8 Å². The predicted molar refractivity (Wildman–Crippen MR) is 83.7 cm³/mol. The van der Waals surface area contributed by atoms with E-state index >= 15 is 0 Å². The van der Waals surface area contributed by atoms with Crippen molar-refractivity contribution < 1.29 is 58.7 Å². The summed E-state index contributed by atoms with van der Waals surface area (Å²) >= 11 is 0. The molecule has 0 aromatic carbocycles. The fourth-order valence-corrected chi connectivity index (χ4v) is 3.92. The smallest absolute Gasteiger partial charge is 0.435 e. The molecule has 2 fully saturated rings. The summed E-state index contributed by atoms with van der Waals surface area (Å²) in [5.74, 6) is -8.10. The van der Waals surface area contributed by atoms with Crippen LogP contribution in [0.3, 0.4) is 0 Å². The molecule has 4 N–H and O–H groups in total. The van der Waals surface area contributed by atoms with Gasteiger partial charge in [-0.25, -0.2) is 24.0 Å². The third-order valence-electron chi connectivity index (χ3n) is 5.38. The summed E-state index contributed by atoms with van der Waals surface area (Å²) in [7, 11) is 0. The largest absolute Gasteiger partial charge is 0.481 e. The number of carbonyl (C=O) groups is 6. The van der Waals surface area contributed by atoms with Gasteiger partial charge in [-0.3, -0.25) is 4.79 Å². The summed E-state index contributed by atoms with van der Waals surface area (Å²) in [6.45, 7) is 0. The Morgan fingerprint density at radius 2 is 1.14 bits per heavy atom. The third-order valence-corrected chi connectivity index (χ3v) is 5.38. The summed E-state index contributed by atoms with van der Waals surface area (Å²) in [4.78, 5) is 72.4. The monoisotopic (exact) mass is 402 g/mol. The first-order valence-corrected chi connectivity index (χ1v) is 8.78. The second-order valence-electron chi connectivity index (χ2n) is 6.92. The SMILES string of the molecule is O=C(O)CCCCCC(C(=O)O)([N+]1(O)C(=O)CCC1=O)[N+]1(O)C(=O)CCC1=O. The molecule has 154 valence electrons. The molecule has 0 aliphatic carbocycles. The molecule has 12 nitrogen and oxygen atoms in total. The zero-order valence-corrected chi connectivity index (χ0v) is 15.0. The summed E-state index contributed by atoms with van der Waals surface area (Å²) < 4.78 is -4.76. The second-order valence-corrected chi connectivity index (χ2v) is 6.92. The minimum atomic E-state index is -3.18. The maximum absolute atomic E-state index is 12.4. The van der Waals surface area contributed by atoms with Crippen molar-refractivity contribution in [3.05, 3.63) is 0 Å². The molecule has 12 heteroatoms. The molecule has 4 amide bonds. The van der Waals surface area contributed by atoms with Gasteiger partial charge in [0.2, 0.25) is 0 Å². The number of aliphatic carboxylic acids is 2. The molecule has 2 saturated heterocycles. The van der Waals surface area contributed by atoms with Crippen LogP contribution in [0.2, 0.25) is 0 Å². The Morgan fingerprint density at radius 3 is 1.46 bits per heavy atom. The van der Waals surface area contributed by atoms with Crippen molar-refractivity contribution in [2.45, 2.75) is 63.5 Å². The molecule has 28 heavy (non-hydrogen) atoms. The van der Waals surface area contributed by atoms with Crippen molar-refractivity contribution in [1.29, 1.82) is 0 Å². The van der Waals surface area contributed by atoms with Gasteiger partial charge in [0.1, 0.15) is 0 Å². The lowest BCUT2D eigenvalue weighted by Gasteiger charge is -2.41. The number of quaternary nitrogens is 2. The lowest BCUT2D eigenvalue weighted by molar-refractivity contribution is -1.18. The van der Waals surface area contributed by atoms with Crippen LogP contribution in [0.1, 0.15) is 57.8 Å². The first kappa shape index (κ1) is 21.8. The van der Waals surface area contributed by atoms with Crippen LogP contribution >= 0.6 is 0 Å². The highest BCUT2D eigenvalue weighted by molar-refractivity contribution is 5.99. The van der Waals surface area contributed by atoms with Crippen molar-refractivity contribution in [3.63, 3.8) is 0 Å². The normalized spacial score (nSPS) is 21.4. The summed E-state index contributed by atoms with van der Waals surface area (Å²) in [5.41, 5.74) is -3.18. The number of carbonyl (C=O) groups excluding carboxylic acids is 4. The second kappa shape index (κ2) is 7.47. The molecule has 2 heterocycles. The number of imide groups is 2. The molecular weight excluding hydrogens is 380 g/mol. The first-order valence-electron chi connectivity index (χ1n) is 8.78. The molecule has 0 atom stereocenters. The van der Waals surface area contributed by atoms with E-state index in [0.717, 1.165) is 0 Å². The minimum absolute atomic E-state index is 0.103. The quantitative estimate of drug-likeness (QED) is 0.176. The Kier molecular flexibility index (Phi) is 5.80. The molecule has 0 saturated carbocycles. The Bertz CT molecular complexity index is 685. The molecule has 0 radical (unpaired) electrons. The fourth-order valence-electron chi connectivity index (χ4n) is 3.92. The van der Waals surface area contributed by atoms with E-state index in [1.54, 1.807) is 0 Å². The Balaban J connectivity index is 2.56. The maximum Gasteiger partial charge on any atom is 0.435 e. The van der Waals surface area contributed by atoms with Crippen LogP contribution in [0.4, 0.5) is 0 Å².